The van der Waals surface area contributed by atoms with Gasteiger partial charge in [-0.2, -0.15) is 0 Å². The van der Waals surface area contributed by atoms with Crippen LogP contribution in [0.25, 0.3) is 0 Å². The molecule has 0 spiro atoms. The predicted molar refractivity (Wildman–Crippen MR) is 124 cm³/mol. The van der Waals surface area contributed by atoms with Gasteiger partial charge in [-0.3, -0.25) is 0 Å². The maximum absolute atomic E-state index is 6.20. The molecular formula is C27H32NO2. The summed E-state index contributed by atoms with van der Waals surface area (Å²) in [6, 6.07) is 22.5. The highest BCUT2D eigenvalue weighted by Gasteiger charge is 2.11. The second-order valence-corrected chi connectivity index (χ2v) is 8.72. The lowest BCUT2D eigenvalue weighted by Crippen LogP contribution is -2.36. The lowest BCUT2D eigenvalue weighted by atomic mass is 10.1. The summed E-state index contributed by atoms with van der Waals surface area (Å²) in [5.74, 6) is 2.50. The average Bonchev–Trinajstić information content (AvgIpc) is 2.68. The van der Waals surface area contributed by atoms with Crippen LogP contribution in [0, 0.1) is 20.3 Å². The zero-order chi connectivity index (χ0) is 21.6. The first-order chi connectivity index (χ1) is 14.3. The van der Waals surface area contributed by atoms with Crippen molar-refractivity contribution in [1.82, 2.24) is 5.32 Å². The highest BCUT2D eigenvalue weighted by molar-refractivity contribution is 5.43. The first-order valence-electron chi connectivity index (χ1n) is 10.4. The quantitative estimate of drug-likeness (QED) is 0.459. The van der Waals surface area contributed by atoms with Crippen molar-refractivity contribution in [2.75, 3.05) is 6.54 Å². The lowest BCUT2D eigenvalue weighted by molar-refractivity contribution is 0.300. The Morgan fingerprint density at radius 1 is 0.833 bits per heavy atom. The molecule has 1 N–H and O–H groups in total. The van der Waals surface area contributed by atoms with Crippen molar-refractivity contribution in [3.05, 3.63) is 95.4 Å². The monoisotopic (exact) mass is 402 g/mol. The normalized spacial score (nSPS) is 11.4. The molecule has 0 aromatic heterocycles. The Kier molecular flexibility index (Phi) is 7.17. The minimum atomic E-state index is 0.0854. The summed E-state index contributed by atoms with van der Waals surface area (Å²) < 4.78 is 12.3. The van der Waals surface area contributed by atoms with Crippen molar-refractivity contribution in [3.8, 4) is 17.2 Å². The number of aryl methyl sites for hydroxylation is 2. The molecule has 0 unspecified atom stereocenters. The summed E-state index contributed by atoms with van der Waals surface area (Å²) in [4.78, 5) is 0. The molecule has 0 fully saturated rings. The second-order valence-electron chi connectivity index (χ2n) is 8.72. The van der Waals surface area contributed by atoms with Crippen molar-refractivity contribution in [2.24, 2.45) is 0 Å². The van der Waals surface area contributed by atoms with Crippen LogP contribution in [0.5, 0.6) is 17.2 Å². The highest BCUT2D eigenvalue weighted by atomic mass is 16.5. The van der Waals surface area contributed by atoms with Crippen molar-refractivity contribution in [2.45, 2.75) is 46.8 Å². The first kappa shape index (κ1) is 21.9. The van der Waals surface area contributed by atoms with Crippen molar-refractivity contribution >= 4 is 0 Å². The molecule has 1 radical (unpaired) electrons. The van der Waals surface area contributed by atoms with E-state index in [2.05, 4.69) is 76.7 Å². The van der Waals surface area contributed by atoms with Gasteiger partial charge in [-0.05, 0) is 82.1 Å². The zero-order valence-electron chi connectivity index (χ0n) is 18.7. The van der Waals surface area contributed by atoms with Gasteiger partial charge in [-0.25, -0.2) is 0 Å². The van der Waals surface area contributed by atoms with Crippen LogP contribution in [0.2, 0.25) is 0 Å². The average molecular weight is 403 g/mol. The summed E-state index contributed by atoms with van der Waals surface area (Å²) in [5.41, 5.74) is 4.63. The van der Waals surface area contributed by atoms with Crippen LogP contribution < -0.4 is 14.8 Å². The third kappa shape index (κ3) is 6.93. The maximum Gasteiger partial charge on any atom is 0.134 e. The van der Waals surface area contributed by atoms with Crippen molar-refractivity contribution in [1.29, 1.82) is 0 Å². The molecular weight excluding hydrogens is 370 g/mol. The lowest BCUT2D eigenvalue weighted by Gasteiger charge is -2.20. The molecule has 0 heterocycles. The number of ether oxygens (including phenoxy) is 2. The van der Waals surface area contributed by atoms with Crippen molar-refractivity contribution < 1.29 is 9.47 Å². The van der Waals surface area contributed by atoms with E-state index in [4.69, 9.17) is 9.47 Å². The van der Waals surface area contributed by atoms with Gasteiger partial charge in [0.2, 0.25) is 0 Å². The van der Waals surface area contributed by atoms with Gasteiger partial charge in [0.05, 0.1) is 0 Å². The Hall–Kier alpha value is -2.78. The Labute approximate surface area is 181 Å². The number of nitrogens with one attached hydrogen (secondary N) is 1. The Morgan fingerprint density at radius 2 is 1.60 bits per heavy atom. The topological polar surface area (TPSA) is 30.5 Å². The van der Waals surface area contributed by atoms with Gasteiger partial charge >= 0.3 is 0 Å². The SMILES string of the molecule is Cc1ccc(OCc2cc([CH]CNC(C)(C)C)ccc2Oc2cccc(C)c2)cc1. The van der Waals surface area contributed by atoms with E-state index < -0.39 is 0 Å². The highest BCUT2D eigenvalue weighted by Crippen LogP contribution is 2.28. The van der Waals surface area contributed by atoms with E-state index in [0.717, 1.165) is 34.9 Å². The Bertz CT molecular complexity index is 955. The van der Waals surface area contributed by atoms with E-state index in [1.165, 1.54) is 11.1 Å². The summed E-state index contributed by atoms with van der Waals surface area (Å²) in [6.45, 7) is 11.9. The summed E-state index contributed by atoms with van der Waals surface area (Å²) >= 11 is 0. The van der Waals surface area contributed by atoms with Crippen LogP contribution >= 0.6 is 0 Å². The molecule has 3 aromatic carbocycles. The van der Waals surface area contributed by atoms with Crippen molar-refractivity contribution in [3.63, 3.8) is 0 Å². The van der Waals surface area contributed by atoms with Gasteiger partial charge in [0.1, 0.15) is 23.9 Å². The first-order valence-corrected chi connectivity index (χ1v) is 10.4. The van der Waals surface area contributed by atoms with Crippen LogP contribution in [0.15, 0.2) is 66.7 Å². The summed E-state index contributed by atoms with van der Waals surface area (Å²) in [7, 11) is 0. The Balaban J connectivity index is 1.77. The second kappa shape index (κ2) is 9.82. The molecule has 0 saturated carbocycles. The minimum absolute atomic E-state index is 0.0854. The molecule has 3 nitrogen and oxygen atoms in total. The van der Waals surface area contributed by atoms with Gasteiger partial charge in [0, 0.05) is 24.1 Å². The van der Waals surface area contributed by atoms with E-state index >= 15 is 0 Å². The molecule has 0 aliphatic carbocycles. The predicted octanol–water partition coefficient (Wildman–Crippen LogP) is 6.62. The van der Waals surface area contributed by atoms with Crippen LogP contribution in [0.3, 0.4) is 0 Å². The number of benzene rings is 3. The summed E-state index contributed by atoms with van der Waals surface area (Å²) in [6.07, 6.45) is 2.19. The molecule has 157 valence electrons. The molecule has 30 heavy (non-hydrogen) atoms. The minimum Gasteiger partial charge on any atom is -0.489 e. The molecule has 3 rings (SSSR count). The Morgan fingerprint density at radius 3 is 2.30 bits per heavy atom. The van der Waals surface area contributed by atoms with E-state index in [0.29, 0.717) is 6.61 Å². The third-order valence-corrected chi connectivity index (χ3v) is 4.69. The standard InChI is InChI=1S/C27H32NO2/c1-20-9-12-24(13-10-20)29-19-23-18-22(15-16-28-27(3,4)5)11-14-26(23)30-25-8-6-7-21(2)17-25/h6-15,17-18,28H,16,19H2,1-5H3. The van der Waals surface area contributed by atoms with E-state index in [1.807, 2.05) is 36.4 Å². The molecule has 0 saturated heterocycles. The molecule has 0 atom stereocenters. The van der Waals surface area contributed by atoms with Gasteiger partial charge < -0.3 is 14.8 Å². The molecule has 0 aliphatic rings. The van der Waals surface area contributed by atoms with E-state index in [9.17, 15) is 0 Å². The summed E-state index contributed by atoms with van der Waals surface area (Å²) in [5, 5.41) is 3.50. The third-order valence-electron chi connectivity index (χ3n) is 4.69. The fourth-order valence-corrected chi connectivity index (χ4v) is 3.02. The number of hydrogen-bond donors (Lipinski definition) is 1. The number of rotatable bonds is 8. The van der Waals surface area contributed by atoms with Crippen LogP contribution in [-0.4, -0.2) is 12.1 Å². The largest absolute Gasteiger partial charge is 0.489 e. The van der Waals surface area contributed by atoms with Gasteiger partial charge in [-0.15, -0.1) is 0 Å². The smallest absolute Gasteiger partial charge is 0.134 e. The molecule has 0 bridgehead atoms. The molecule has 0 aliphatic heterocycles. The fraction of sp³-hybridized carbons (Fsp3) is 0.296. The molecule has 3 aromatic rings. The molecule has 0 amide bonds. The van der Waals surface area contributed by atoms with Crippen LogP contribution in [0.1, 0.15) is 43.0 Å². The zero-order valence-corrected chi connectivity index (χ0v) is 18.7. The number of hydrogen-bond acceptors (Lipinski definition) is 3. The fourth-order valence-electron chi connectivity index (χ4n) is 3.02. The van der Waals surface area contributed by atoms with E-state index in [-0.39, 0.29) is 5.54 Å². The van der Waals surface area contributed by atoms with Crippen LogP contribution in [0.4, 0.5) is 0 Å². The van der Waals surface area contributed by atoms with Gasteiger partial charge in [-0.1, -0.05) is 35.9 Å². The van der Waals surface area contributed by atoms with Gasteiger partial charge in [0.25, 0.3) is 0 Å². The van der Waals surface area contributed by atoms with Crippen LogP contribution in [-0.2, 0) is 6.61 Å². The molecule has 3 heteroatoms. The van der Waals surface area contributed by atoms with E-state index in [1.54, 1.807) is 0 Å². The van der Waals surface area contributed by atoms with Gasteiger partial charge in [0.15, 0.2) is 0 Å². The maximum atomic E-state index is 6.20.